The number of hydrogen-bond donors (Lipinski definition) is 0. The number of amides is 1. The zero-order chi connectivity index (χ0) is 16.4. The highest BCUT2D eigenvalue weighted by Crippen LogP contribution is 2.24. The van der Waals surface area contributed by atoms with Crippen LogP contribution in [-0.4, -0.2) is 29.7 Å². The largest absolute Gasteiger partial charge is 0.466 e. The summed E-state index contributed by atoms with van der Waals surface area (Å²) in [6, 6.07) is 11.2. The van der Waals surface area contributed by atoms with Gasteiger partial charge in [0.1, 0.15) is 11.5 Å². The molecule has 1 aliphatic rings. The van der Waals surface area contributed by atoms with Crippen molar-refractivity contribution < 1.29 is 14.0 Å². The van der Waals surface area contributed by atoms with Crippen molar-refractivity contribution in [1.29, 1.82) is 0 Å². The van der Waals surface area contributed by atoms with Gasteiger partial charge in [-0.05, 0) is 32.8 Å². The Kier molecular flexibility index (Phi) is 4.33. The van der Waals surface area contributed by atoms with Crippen LogP contribution in [-0.2, 0) is 0 Å². The van der Waals surface area contributed by atoms with E-state index in [-0.39, 0.29) is 17.6 Å². The zero-order valence-electron chi connectivity index (χ0n) is 13.5. The molecule has 2 aromatic rings. The first-order chi connectivity index (χ1) is 11.1. The van der Waals surface area contributed by atoms with E-state index in [1.54, 1.807) is 6.07 Å². The number of likely N-dealkylation sites (tertiary alicyclic amines) is 1. The maximum Gasteiger partial charge on any atom is 0.257 e. The van der Waals surface area contributed by atoms with E-state index in [2.05, 4.69) is 0 Å². The van der Waals surface area contributed by atoms with Crippen LogP contribution < -0.4 is 0 Å². The summed E-state index contributed by atoms with van der Waals surface area (Å²) in [4.78, 5) is 26.9. The Morgan fingerprint density at radius 2 is 1.74 bits per heavy atom. The number of carbonyl (C=O) groups is 2. The van der Waals surface area contributed by atoms with Crippen molar-refractivity contribution in [3.63, 3.8) is 0 Å². The van der Waals surface area contributed by atoms with Crippen LogP contribution >= 0.6 is 0 Å². The van der Waals surface area contributed by atoms with Gasteiger partial charge in [-0.3, -0.25) is 9.59 Å². The van der Waals surface area contributed by atoms with Crippen LogP contribution in [0.1, 0.15) is 45.1 Å². The molecule has 23 heavy (non-hydrogen) atoms. The molecule has 4 heteroatoms. The summed E-state index contributed by atoms with van der Waals surface area (Å²) in [6.45, 7) is 4.89. The van der Waals surface area contributed by atoms with Crippen molar-refractivity contribution in [3.8, 4) is 0 Å². The first kappa shape index (κ1) is 15.5. The predicted molar refractivity (Wildman–Crippen MR) is 87.6 cm³/mol. The first-order valence-electron chi connectivity index (χ1n) is 8.02. The summed E-state index contributed by atoms with van der Waals surface area (Å²) in [5, 5.41) is 0. The molecule has 0 radical (unpaired) electrons. The Hall–Kier alpha value is -2.36. The van der Waals surface area contributed by atoms with E-state index >= 15 is 0 Å². The van der Waals surface area contributed by atoms with E-state index < -0.39 is 0 Å². The number of aryl methyl sites for hydroxylation is 2. The summed E-state index contributed by atoms with van der Waals surface area (Å²) in [5.74, 6) is 1.61. The van der Waals surface area contributed by atoms with Gasteiger partial charge in [0.25, 0.3) is 5.91 Å². The van der Waals surface area contributed by atoms with Gasteiger partial charge >= 0.3 is 0 Å². The topological polar surface area (TPSA) is 50.5 Å². The van der Waals surface area contributed by atoms with Crippen molar-refractivity contribution in [1.82, 2.24) is 4.90 Å². The number of nitrogens with zero attached hydrogens (tertiary/aromatic N) is 1. The molecule has 1 amide bonds. The number of benzene rings is 1. The fourth-order valence-corrected chi connectivity index (χ4v) is 3.20. The highest BCUT2D eigenvalue weighted by molar-refractivity contribution is 5.98. The second-order valence-corrected chi connectivity index (χ2v) is 6.12. The molecule has 0 aliphatic carbocycles. The summed E-state index contributed by atoms with van der Waals surface area (Å²) >= 11 is 0. The molecule has 1 saturated heterocycles. The molecule has 0 bridgehead atoms. The fourth-order valence-electron chi connectivity index (χ4n) is 3.20. The minimum absolute atomic E-state index is 0.00459. The maximum atomic E-state index is 12.6. The van der Waals surface area contributed by atoms with Crippen molar-refractivity contribution >= 4 is 11.7 Å². The Morgan fingerprint density at radius 1 is 1.09 bits per heavy atom. The first-order valence-corrected chi connectivity index (χ1v) is 8.02. The van der Waals surface area contributed by atoms with Crippen molar-refractivity contribution in [2.75, 3.05) is 13.1 Å². The fraction of sp³-hybridized carbons (Fsp3) is 0.368. The monoisotopic (exact) mass is 311 g/mol. The van der Waals surface area contributed by atoms with Crippen LogP contribution in [0.25, 0.3) is 0 Å². The summed E-state index contributed by atoms with van der Waals surface area (Å²) in [6.07, 6.45) is 1.44. The van der Waals surface area contributed by atoms with Crippen LogP contribution in [0.3, 0.4) is 0 Å². The smallest absolute Gasteiger partial charge is 0.257 e. The van der Waals surface area contributed by atoms with Crippen LogP contribution in [0.15, 0.2) is 40.8 Å². The lowest BCUT2D eigenvalue weighted by Crippen LogP contribution is -2.40. The highest BCUT2D eigenvalue weighted by Gasteiger charge is 2.29. The molecule has 4 nitrogen and oxygen atoms in total. The molecule has 1 aromatic carbocycles. The van der Waals surface area contributed by atoms with Crippen molar-refractivity contribution in [2.24, 2.45) is 5.92 Å². The molecule has 0 unspecified atom stereocenters. The van der Waals surface area contributed by atoms with Crippen molar-refractivity contribution in [3.05, 3.63) is 59.0 Å². The Bertz CT molecular complexity index is 709. The average Bonchev–Trinajstić information content (AvgIpc) is 2.93. The molecule has 1 aliphatic heterocycles. The number of furan rings is 1. The zero-order valence-corrected chi connectivity index (χ0v) is 13.5. The molecule has 2 heterocycles. The Labute approximate surface area is 136 Å². The normalized spacial score (nSPS) is 15.7. The average molecular weight is 311 g/mol. The van der Waals surface area contributed by atoms with Gasteiger partial charge in [0.05, 0.1) is 5.56 Å². The number of piperidine rings is 1. The lowest BCUT2D eigenvalue weighted by Gasteiger charge is -2.31. The lowest BCUT2D eigenvalue weighted by atomic mass is 9.88. The lowest BCUT2D eigenvalue weighted by molar-refractivity contribution is 0.0649. The molecule has 0 saturated carbocycles. The number of rotatable bonds is 3. The molecule has 3 rings (SSSR count). The number of Topliss-reactive ketones (excluding diaryl/α,β-unsaturated/α-hetero) is 1. The third kappa shape index (κ3) is 3.21. The minimum Gasteiger partial charge on any atom is -0.466 e. The van der Waals surface area contributed by atoms with Gasteiger partial charge in [-0.15, -0.1) is 0 Å². The maximum absolute atomic E-state index is 12.6. The Balaban J connectivity index is 1.63. The molecule has 120 valence electrons. The number of hydrogen-bond acceptors (Lipinski definition) is 3. The number of ketones is 1. The van der Waals surface area contributed by atoms with Gasteiger partial charge < -0.3 is 9.32 Å². The standard InChI is InChI=1S/C19H21NO3/c1-13-12-17(14(2)23-13)19(22)20-10-8-16(9-11-20)18(21)15-6-4-3-5-7-15/h3-7,12,16H,8-11H2,1-2H3. The molecule has 1 aromatic heterocycles. The second kappa shape index (κ2) is 6.41. The summed E-state index contributed by atoms with van der Waals surface area (Å²) < 4.78 is 5.44. The van der Waals surface area contributed by atoms with E-state index in [4.69, 9.17) is 4.42 Å². The van der Waals surface area contributed by atoms with Gasteiger partial charge in [0.2, 0.25) is 0 Å². The SMILES string of the molecule is Cc1cc(C(=O)N2CCC(C(=O)c3ccccc3)CC2)c(C)o1. The molecular weight excluding hydrogens is 290 g/mol. The molecular formula is C19H21NO3. The van der Waals surface area contributed by atoms with E-state index in [0.717, 1.165) is 24.2 Å². The van der Waals surface area contributed by atoms with Crippen LogP contribution in [0.5, 0.6) is 0 Å². The highest BCUT2D eigenvalue weighted by atomic mass is 16.3. The second-order valence-electron chi connectivity index (χ2n) is 6.12. The van der Waals surface area contributed by atoms with E-state index in [1.807, 2.05) is 49.1 Å². The minimum atomic E-state index is 0.00459. The van der Waals surface area contributed by atoms with Crippen molar-refractivity contribution in [2.45, 2.75) is 26.7 Å². The predicted octanol–water partition coefficient (Wildman–Crippen LogP) is 3.63. The van der Waals surface area contributed by atoms with Crippen LogP contribution in [0.2, 0.25) is 0 Å². The summed E-state index contributed by atoms with van der Waals surface area (Å²) in [5.41, 5.74) is 1.40. The molecule has 0 N–H and O–H groups in total. The van der Waals surface area contributed by atoms with Gasteiger partial charge in [-0.25, -0.2) is 0 Å². The van der Waals surface area contributed by atoms with Crippen LogP contribution in [0.4, 0.5) is 0 Å². The Morgan fingerprint density at radius 3 is 2.30 bits per heavy atom. The van der Waals surface area contributed by atoms with E-state index in [0.29, 0.717) is 24.4 Å². The van der Waals surface area contributed by atoms with Gasteiger partial charge in [-0.1, -0.05) is 30.3 Å². The molecule has 0 spiro atoms. The van der Waals surface area contributed by atoms with Gasteiger partial charge in [0.15, 0.2) is 5.78 Å². The number of carbonyl (C=O) groups excluding carboxylic acids is 2. The quantitative estimate of drug-likeness (QED) is 0.813. The molecule has 0 atom stereocenters. The van der Waals surface area contributed by atoms with E-state index in [9.17, 15) is 9.59 Å². The van der Waals surface area contributed by atoms with Gasteiger partial charge in [0, 0.05) is 24.6 Å². The van der Waals surface area contributed by atoms with Crippen LogP contribution in [0, 0.1) is 19.8 Å². The van der Waals surface area contributed by atoms with E-state index in [1.165, 1.54) is 0 Å². The third-order valence-corrected chi connectivity index (χ3v) is 4.48. The third-order valence-electron chi connectivity index (χ3n) is 4.48. The summed E-state index contributed by atoms with van der Waals surface area (Å²) in [7, 11) is 0. The molecule has 1 fully saturated rings. The van der Waals surface area contributed by atoms with Gasteiger partial charge in [-0.2, -0.15) is 0 Å².